The average molecular weight is 1740 g/mol. The Morgan fingerprint density at radius 1 is 0.302 bits per heavy atom. The third-order valence-electron chi connectivity index (χ3n) is 19.1. The summed E-state index contributed by atoms with van der Waals surface area (Å²) in [5.74, 6) is -6.87. The van der Waals surface area contributed by atoms with Gasteiger partial charge < -0.3 is 72.2 Å². The Morgan fingerprint density at radius 2 is 0.527 bits per heavy atom. The van der Waals surface area contributed by atoms with Gasteiger partial charge in [-0.15, -0.1) is 0 Å². The molecule has 0 aliphatic rings. The maximum absolute atomic E-state index is 13.7. The molecular weight excluding hydrogens is 1650 g/mol. The van der Waals surface area contributed by atoms with Gasteiger partial charge in [0.15, 0.2) is 0 Å². The molecule has 0 saturated heterocycles. The topological polar surface area (TPSA) is 382 Å². The fourth-order valence-electron chi connectivity index (χ4n) is 12.1. The quantitative estimate of drug-likeness (QED) is 0.00853. The van der Waals surface area contributed by atoms with E-state index in [0.717, 1.165) is 35.7 Å². The van der Waals surface area contributed by atoms with Gasteiger partial charge in [-0.05, 0) is 173 Å². The molecule has 129 heavy (non-hydrogen) atoms. The molecule has 7 rings (SSSR count). The summed E-state index contributed by atoms with van der Waals surface area (Å²) in [6.07, 6.45) is 9.01. The van der Waals surface area contributed by atoms with Crippen molar-refractivity contribution in [2.75, 3.05) is 181 Å². The van der Waals surface area contributed by atoms with Gasteiger partial charge in [0.05, 0.1) is 84.2 Å². The normalized spacial score (nSPS) is 11.2. The number of benzene rings is 7. The number of anilines is 7. The number of hydrogen-bond donors (Lipinski definition) is 0. The lowest BCUT2D eigenvalue weighted by molar-refractivity contribution is -0.143. The largest absolute Gasteiger partial charge is 0.469 e. The number of hydrogen-bond acceptors (Lipinski definition) is 29. The van der Waals surface area contributed by atoms with E-state index in [-0.39, 0.29) is 133 Å². The molecule has 0 aromatic heterocycles. The van der Waals surface area contributed by atoms with E-state index in [1.165, 1.54) is 36.5 Å². The van der Waals surface area contributed by atoms with Crippen LogP contribution in [-0.4, -0.2) is 201 Å². The van der Waals surface area contributed by atoms with Gasteiger partial charge >= 0.3 is 47.8 Å². The Morgan fingerprint density at radius 3 is 0.760 bits per heavy atom. The summed E-state index contributed by atoms with van der Waals surface area (Å²) in [6.45, 7) is 25.5. The maximum atomic E-state index is 13.7. The van der Waals surface area contributed by atoms with Crippen LogP contribution in [0.1, 0.15) is 69.9 Å². The molecule has 32 heteroatoms. The molecule has 0 aliphatic heterocycles. The van der Waals surface area contributed by atoms with E-state index >= 15 is 0 Å². The summed E-state index contributed by atoms with van der Waals surface area (Å²) >= 11 is 0. The monoisotopic (exact) mass is 1740 g/mol. The number of rotatable bonds is 48. The number of nitrogens with zero attached hydrogens (tertiary/aromatic N) is 15. The highest BCUT2D eigenvalue weighted by molar-refractivity contribution is 6.00. The van der Waals surface area contributed by atoms with Gasteiger partial charge in [-0.3, -0.25) is 28.8 Å². The van der Waals surface area contributed by atoms with E-state index in [4.69, 9.17) is 68.1 Å². The Hall–Kier alpha value is -17.1. The third kappa shape index (κ3) is 32.9. The number of nitriles is 5. The number of carbonyl (C=O) groups is 9. The second-order valence-corrected chi connectivity index (χ2v) is 28.2. The third-order valence-corrected chi connectivity index (χ3v) is 19.1. The van der Waals surface area contributed by atoms with Gasteiger partial charge in [0.25, 0.3) is 17.1 Å². The summed E-state index contributed by atoms with van der Waals surface area (Å²) in [6, 6.07) is 56.7. The average Bonchev–Trinajstić information content (AvgIpc) is 0.874. The lowest BCUT2D eigenvalue weighted by atomic mass is 10.1. The molecule has 0 atom stereocenters. The molecule has 0 aliphatic carbocycles. The first-order valence-electron chi connectivity index (χ1n) is 40.3. The van der Waals surface area contributed by atoms with Crippen molar-refractivity contribution in [3.63, 3.8) is 0 Å². The highest BCUT2D eigenvalue weighted by Crippen LogP contribution is 2.26. The van der Waals surface area contributed by atoms with Crippen molar-refractivity contribution < 1.29 is 81.0 Å². The van der Waals surface area contributed by atoms with Gasteiger partial charge in [0, 0.05) is 87.2 Å². The van der Waals surface area contributed by atoms with Crippen LogP contribution >= 0.6 is 0 Å². The molecule has 0 unspecified atom stereocenters. The van der Waals surface area contributed by atoms with Crippen LogP contribution in [0.15, 0.2) is 204 Å². The molecule has 7 aromatic rings. The van der Waals surface area contributed by atoms with Crippen LogP contribution < -0.4 is 34.3 Å². The lowest BCUT2D eigenvalue weighted by Gasteiger charge is -2.25. The predicted octanol–water partition coefficient (Wildman–Crippen LogP) is 12.6. The summed E-state index contributed by atoms with van der Waals surface area (Å²) in [4.78, 5) is 139. The Bertz CT molecular complexity index is 5630. The van der Waals surface area contributed by atoms with Gasteiger partial charge in [0.1, 0.15) is 107 Å². The van der Waals surface area contributed by atoms with E-state index in [2.05, 4.69) is 26.4 Å². The van der Waals surface area contributed by atoms with Gasteiger partial charge in [-0.2, -0.15) is 26.3 Å². The second-order valence-electron chi connectivity index (χ2n) is 28.2. The van der Waals surface area contributed by atoms with Crippen molar-refractivity contribution in [2.45, 2.75) is 26.2 Å². The molecule has 0 radical (unpaired) electrons. The van der Waals surface area contributed by atoms with Crippen LogP contribution in [0.25, 0.3) is 51.0 Å². The molecule has 0 heterocycles. The molecule has 0 fully saturated rings. The van der Waals surface area contributed by atoms with Crippen molar-refractivity contribution in [3.05, 3.63) is 277 Å². The first kappa shape index (κ1) is 99.0. The summed E-state index contributed by atoms with van der Waals surface area (Å²) in [5, 5.41) is 47.8. The van der Waals surface area contributed by atoms with Gasteiger partial charge in [-0.1, -0.05) is 79.7 Å². The Balaban J connectivity index is 1.000. The molecule has 7 aromatic carbocycles. The zero-order valence-electron chi connectivity index (χ0n) is 72.0. The van der Waals surface area contributed by atoms with Crippen LogP contribution in [0.3, 0.4) is 0 Å². The summed E-state index contributed by atoms with van der Waals surface area (Å²) < 4.78 is 43.8. The minimum absolute atomic E-state index is 0.000716. The number of carbonyl (C=O) groups excluding carboxylic acids is 9. The zero-order chi connectivity index (χ0) is 93.4. The zero-order valence-corrected chi connectivity index (χ0v) is 72.0. The molecule has 0 saturated carbocycles. The van der Waals surface area contributed by atoms with Crippen molar-refractivity contribution in [1.29, 1.82) is 26.3 Å². The summed E-state index contributed by atoms with van der Waals surface area (Å²) in [7, 11) is 9.26. The predicted molar refractivity (Wildman–Crippen MR) is 484 cm³/mol. The fourth-order valence-corrected chi connectivity index (χ4v) is 12.1. The Labute approximate surface area is 748 Å². The molecule has 658 valence electrons. The molecule has 0 bridgehead atoms. The molecular formula is C97H93N15O17. The summed E-state index contributed by atoms with van der Waals surface area (Å²) in [5.41, 5.74) is 6.25. The minimum atomic E-state index is -0.990. The molecule has 32 nitrogen and oxygen atoms in total. The van der Waals surface area contributed by atoms with E-state index in [1.807, 2.05) is 78.3 Å². The standard InChI is InChI=1S/C97H93N15O17/c1-10-43-107(7)81-27-13-70(14-28-81)60-77(66-100)92(116)124-54-46-110(47-55-125-93(117)78(67-101)61-71-15-29-82(30-16-71)108(8)44-52-122-90(114)39-41-98)84-33-19-72(20-34-84)62-79(68-102)94(118)126-56-48-111(86-37-23-76(69-113)24-38-86)49-57-127-97(121)89(105-4)65-75-21-35-85(36-22-75)112(50-58-128-95(119)87(103-2)63-73-11-25-80(26-12-73)106(5)6)51-59-129-96(120)88(104-3)64-74-17-31-83(32-18-74)109(9)45-53-123-91(115)40-42-99/h11-38,60-65,69H,10,39-40,43-59H2,1,5-9H3/b77-60+,78-61+,79-62+,87-63-,88-64-,89-65-. The highest BCUT2D eigenvalue weighted by Gasteiger charge is 2.22. The van der Waals surface area contributed by atoms with Gasteiger partial charge in [-0.25, -0.2) is 28.9 Å². The first-order valence-corrected chi connectivity index (χ1v) is 40.3. The SMILES string of the molecule is [C-]#[N+]/C(=C\c1ccc(N(C)C)cc1)C(=O)OCCN(CCOC(=O)/C(=C/c1ccc(N(C)CCOC(=O)CC#N)cc1)[N+]#[C-])c1ccc(/C=C(\[N+]#[C-])C(=O)OCCN(CCOC(=O)/C(C#N)=C/c2ccc(N(CCOC(=O)/C(C#N)=C/c3ccc(N(C)CCC)cc3)CCOC(=O)/C(C#N)=C/c3ccc(N(C)CCOC(=O)CC#N)cc3)cc2)c2ccc(C=O)cc2)cc1. The number of ether oxygens (including phenoxy) is 8. The molecule has 0 amide bonds. The molecule has 0 spiro atoms. The lowest BCUT2D eigenvalue weighted by Crippen LogP contribution is -2.32. The number of aldehydes is 1. The number of likely N-dealkylation sites (N-methyl/N-ethyl adjacent to an activating group) is 2. The highest BCUT2D eigenvalue weighted by atomic mass is 16.6. The smallest absolute Gasteiger partial charge is 0.348 e. The van der Waals surface area contributed by atoms with Crippen LogP contribution in [0.5, 0.6) is 0 Å². The van der Waals surface area contributed by atoms with Crippen LogP contribution in [0, 0.1) is 76.4 Å². The van der Waals surface area contributed by atoms with E-state index in [9.17, 15) is 58.9 Å². The van der Waals surface area contributed by atoms with Crippen molar-refractivity contribution in [1.82, 2.24) is 0 Å². The van der Waals surface area contributed by atoms with E-state index in [1.54, 1.807) is 187 Å². The van der Waals surface area contributed by atoms with Crippen molar-refractivity contribution in [2.24, 2.45) is 0 Å². The fraction of sp³-hybridized carbons (Fsp3) is 0.268. The minimum Gasteiger partial charge on any atom is -0.469 e. The van der Waals surface area contributed by atoms with Crippen LogP contribution in [0.2, 0.25) is 0 Å². The first-order chi connectivity index (χ1) is 62.4. The van der Waals surface area contributed by atoms with E-state index < -0.39 is 53.5 Å². The Kier molecular flexibility index (Phi) is 40.7. The van der Waals surface area contributed by atoms with Gasteiger partial charge in [0.2, 0.25) is 0 Å². The number of esters is 8. The van der Waals surface area contributed by atoms with Crippen LogP contribution in [-0.2, 0) is 76.3 Å². The van der Waals surface area contributed by atoms with Crippen molar-refractivity contribution in [3.8, 4) is 30.3 Å². The molecule has 0 N–H and O–H groups in total. The van der Waals surface area contributed by atoms with E-state index in [0.29, 0.717) is 75.4 Å². The van der Waals surface area contributed by atoms with Crippen molar-refractivity contribution >= 4 is 130 Å². The maximum Gasteiger partial charge on any atom is 0.348 e. The second kappa shape index (κ2) is 53.1. The van der Waals surface area contributed by atoms with Crippen LogP contribution in [0.4, 0.5) is 39.8 Å².